The fourth-order valence-corrected chi connectivity index (χ4v) is 2.20. The van der Waals surface area contributed by atoms with Crippen molar-refractivity contribution in [1.29, 1.82) is 0 Å². The zero-order valence-corrected chi connectivity index (χ0v) is 14.9. The number of aryl methyl sites for hydroxylation is 2. The molecule has 0 heterocycles. The number of rotatable bonds is 7. The molecule has 134 valence electrons. The number of hydrazone groups is 2. The minimum atomic E-state index is -0.327. The number of carbonyl (C=O) groups is 2. The Morgan fingerprint density at radius 2 is 1.23 bits per heavy atom. The monoisotopic (exact) mass is 350 g/mol. The van der Waals surface area contributed by atoms with Crippen LogP contribution in [-0.4, -0.2) is 24.2 Å². The number of benzene rings is 2. The summed E-state index contributed by atoms with van der Waals surface area (Å²) in [4.78, 5) is 23.4. The highest BCUT2D eigenvalue weighted by Crippen LogP contribution is 2.01. The molecule has 2 rings (SSSR count). The predicted octanol–water partition coefficient (Wildman–Crippen LogP) is 2.68. The lowest BCUT2D eigenvalue weighted by Crippen LogP contribution is -2.22. The third kappa shape index (κ3) is 7.09. The first-order valence-electron chi connectivity index (χ1n) is 8.30. The number of nitrogens with one attached hydrogen (secondary N) is 2. The van der Waals surface area contributed by atoms with Gasteiger partial charge in [0.25, 0.3) is 0 Å². The van der Waals surface area contributed by atoms with Gasteiger partial charge < -0.3 is 0 Å². The molecule has 0 spiro atoms. The molecule has 0 atom stereocenters. The number of carbonyl (C=O) groups excluding carboxylic acids is 2. The minimum absolute atomic E-state index is 0.0386. The molecule has 2 N–H and O–H groups in total. The Labute approximate surface area is 153 Å². The van der Waals surface area contributed by atoms with Gasteiger partial charge in [0.15, 0.2) is 0 Å². The maximum Gasteiger partial charge on any atom is 0.240 e. The van der Waals surface area contributed by atoms with E-state index in [1.807, 2.05) is 62.4 Å². The maximum absolute atomic E-state index is 11.7. The van der Waals surface area contributed by atoms with Gasteiger partial charge in [0, 0.05) is 12.8 Å². The molecule has 2 aromatic rings. The lowest BCUT2D eigenvalue weighted by atomic mass is 10.2. The zero-order chi connectivity index (χ0) is 18.8. The van der Waals surface area contributed by atoms with E-state index in [0.29, 0.717) is 0 Å². The van der Waals surface area contributed by atoms with E-state index in [4.69, 9.17) is 0 Å². The van der Waals surface area contributed by atoms with Gasteiger partial charge in [-0.2, -0.15) is 10.2 Å². The molecule has 0 aliphatic rings. The first-order valence-corrected chi connectivity index (χ1v) is 8.30. The van der Waals surface area contributed by atoms with Crippen molar-refractivity contribution in [2.45, 2.75) is 26.7 Å². The zero-order valence-electron chi connectivity index (χ0n) is 14.9. The van der Waals surface area contributed by atoms with E-state index in [-0.39, 0.29) is 24.7 Å². The highest BCUT2D eigenvalue weighted by molar-refractivity contribution is 5.86. The normalized spacial score (nSPS) is 11.0. The van der Waals surface area contributed by atoms with E-state index in [1.165, 1.54) is 0 Å². The molecule has 0 aliphatic carbocycles. The molecule has 0 aromatic heterocycles. The second kappa shape index (κ2) is 9.88. The summed E-state index contributed by atoms with van der Waals surface area (Å²) in [7, 11) is 0. The van der Waals surface area contributed by atoms with Crippen LogP contribution in [0.3, 0.4) is 0 Å². The molecule has 2 aromatic carbocycles. The molecule has 0 bridgehead atoms. The topological polar surface area (TPSA) is 82.9 Å². The molecule has 0 saturated heterocycles. The van der Waals surface area contributed by atoms with E-state index in [2.05, 4.69) is 21.1 Å². The second-order valence-corrected chi connectivity index (χ2v) is 5.91. The molecular weight excluding hydrogens is 328 g/mol. The maximum atomic E-state index is 11.7. The van der Waals surface area contributed by atoms with Gasteiger partial charge in [-0.05, 0) is 25.0 Å². The molecule has 0 saturated carbocycles. The molecule has 0 radical (unpaired) electrons. The van der Waals surface area contributed by atoms with Gasteiger partial charge in [0.1, 0.15) is 0 Å². The number of hydrogen-bond acceptors (Lipinski definition) is 4. The van der Waals surface area contributed by atoms with Crippen molar-refractivity contribution in [2.24, 2.45) is 10.2 Å². The summed E-state index contributed by atoms with van der Waals surface area (Å²) in [5.41, 5.74) is 8.83. The summed E-state index contributed by atoms with van der Waals surface area (Å²) in [6, 6.07) is 15.5. The summed E-state index contributed by atoms with van der Waals surface area (Å²) in [5.74, 6) is -0.654. The third-order valence-electron chi connectivity index (χ3n) is 3.47. The Bertz CT molecular complexity index is 759. The Hall–Kier alpha value is -3.28. The smallest absolute Gasteiger partial charge is 0.240 e. The summed E-state index contributed by atoms with van der Waals surface area (Å²) in [6.07, 6.45) is 3.21. The van der Waals surface area contributed by atoms with Gasteiger partial charge in [0.05, 0.1) is 12.4 Å². The first-order chi connectivity index (χ1) is 12.5. The van der Waals surface area contributed by atoms with E-state index >= 15 is 0 Å². The fourth-order valence-electron chi connectivity index (χ4n) is 2.20. The van der Waals surface area contributed by atoms with Crippen molar-refractivity contribution in [3.8, 4) is 0 Å². The number of amides is 2. The molecule has 0 aliphatic heterocycles. The summed E-state index contributed by atoms with van der Waals surface area (Å²) in [6.45, 7) is 3.96. The van der Waals surface area contributed by atoms with Crippen molar-refractivity contribution < 1.29 is 9.59 Å². The van der Waals surface area contributed by atoms with E-state index in [1.54, 1.807) is 12.4 Å². The third-order valence-corrected chi connectivity index (χ3v) is 3.47. The van der Waals surface area contributed by atoms with Gasteiger partial charge in [-0.3, -0.25) is 9.59 Å². The first kappa shape index (κ1) is 19.1. The Balaban J connectivity index is 1.69. The van der Waals surface area contributed by atoms with Crippen molar-refractivity contribution in [3.05, 3.63) is 70.8 Å². The highest BCUT2D eigenvalue weighted by atomic mass is 16.2. The van der Waals surface area contributed by atoms with Crippen LogP contribution in [0.25, 0.3) is 0 Å². The van der Waals surface area contributed by atoms with Gasteiger partial charge in [-0.1, -0.05) is 59.7 Å². The average Bonchev–Trinajstić information content (AvgIpc) is 2.60. The molecule has 2 amide bonds. The summed E-state index contributed by atoms with van der Waals surface area (Å²) >= 11 is 0. The summed E-state index contributed by atoms with van der Waals surface area (Å²) in [5, 5.41) is 7.77. The van der Waals surface area contributed by atoms with E-state index in [0.717, 1.165) is 22.3 Å². The van der Waals surface area contributed by atoms with Crippen LogP contribution in [-0.2, 0) is 9.59 Å². The molecule has 6 nitrogen and oxygen atoms in total. The number of hydrogen-bond donors (Lipinski definition) is 2. The Morgan fingerprint density at radius 3 is 1.62 bits per heavy atom. The lowest BCUT2D eigenvalue weighted by molar-refractivity contribution is -0.126. The van der Waals surface area contributed by atoms with Crippen molar-refractivity contribution in [2.75, 3.05) is 0 Å². The van der Waals surface area contributed by atoms with Crippen molar-refractivity contribution >= 4 is 24.2 Å². The quantitative estimate of drug-likeness (QED) is 0.594. The van der Waals surface area contributed by atoms with Crippen LogP contribution in [0.15, 0.2) is 58.7 Å². The highest BCUT2D eigenvalue weighted by Gasteiger charge is 2.05. The summed E-state index contributed by atoms with van der Waals surface area (Å²) < 4.78 is 0. The standard InChI is InChI=1S/C20H22N4O2/c1-15-5-3-7-17(11-15)13-21-23-19(25)9-10-20(26)24-22-14-18-8-4-6-16(2)12-18/h3-8,11-14H,9-10H2,1-2H3,(H,23,25)(H,24,26)/b21-13+,22-14+. The van der Waals surface area contributed by atoms with Crippen LogP contribution < -0.4 is 10.9 Å². The fraction of sp³-hybridized carbons (Fsp3) is 0.200. The van der Waals surface area contributed by atoms with Crippen LogP contribution in [0, 0.1) is 13.8 Å². The van der Waals surface area contributed by atoms with E-state index < -0.39 is 0 Å². The molecular formula is C20H22N4O2. The van der Waals surface area contributed by atoms with Gasteiger partial charge in [-0.25, -0.2) is 10.9 Å². The predicted molar refractivity (Wildman–Crippen MR) is 103 cm³/mol. The van der Waals surface area contributed by atoms with Crippen LogP contribution in [0.5, 0.6) is 0 Å². The van der Waals surface area contributed by atoms with Gasteiger partial charge in [0.2, 0.25) is 11.8 Å². The van der Waals surface area contributed by atoms with Crippen LogP contribution in [0.2, 0.25) is 0 Å². The molecule has 6 heteroatoms. The van der Waals surface area contributed by atoms with Crippen LogP contribution in [0.1, 0.15) is 35.1 Å². The van der Waals surface area contributed by atoms with Crippen LogP contribution in [0.4, 0.5) is 0 Å². The minimum Gasteiger partial charge on any atom is -0.273 e. The Morgan fingerprint density at radius 1 is 0.808 bits per heavy atom. The van der Waals surface area contributed by atoms with Crippen molar-refractivity contribution in [3.63, 3.8) is 0 Å². The lowest BCUT2D eigenvalue weighted by Gasteiger charge is -2.00. The number of nitrogens with zero attached hydrogens (tertiary/aromatic N) is 2. The van der Waals surface area contributed by atoms with Crippen molar-refractivity contribution in [1.82, 2.24) is 10.9 Å². The molecule has 26 heavy (non-hydrogen) atoms. The Kier molecular flexibility index (Phi) is 7.24. The van der Waals surface area contributed by atoms with E-state index in [9.17, 15) is 9.59 Å². The van der Waals surface area contributed by atoms with Gasteiger partial charge in [-0.15, -0.1) is 0 Å². The molecule has 0 unspecified atom stereocenters. The van der Waals surface area contributed by atoms with Crippen LogP contribution >= 0.6 is 0 Å². The largest absolute Gasteiger partial charge is 0.273 e. The second-order valence-electron chi connectivity index (χ2n) is 5.91. The average molecular weight is 350 g/mol. The SMILES string of the molecule is Cc1cccc(/C=N/NC(=O)CCC(=O)N/N=C/c2cccc(C)c2)c1. The van der Waals surface area contributed by atoms with Gasteiger partial charge >= 0.3 is 0 Å². The molecule has 0 fully saturated rings.